The Labute approximate surface area is 232 Å². The largest absolute Gasteiger partial charge is 0.302 e. The monoisotopic (exact) mass is 588 g/mol. The second-order valence-corrected chi connectivity index (χ2v) is 12.9. The molecule has 0 N–H and O–H groups in total. The molecular formula is C29H24F4N2O3S2. The summed E-state index contributed by atoms with van der Waals surface area (Å²) in [6, 6.07) is 14.9. The minimum absolute atomic E-state index is 0.0372. The number of halogens is 4. The molecule has 0 amide bonds. The Morgan fingerprint density at radius 1 is 1.00 bits per heavy atom. The molecule has 0 fully saturated rings. The van der Waals surface area contributed by atoms with Gasteiger partial charge < -0.3 is 4.57 Å². The zero-order valence-electron chi connectivity index (χ0n) is 21.7. The third-order valence-electron chi connectivity index (χ3n) is 6.24. The maximum absolute atomic E-state index is 15.4. The molecule has 4 rings (SSSR count). The van der Waals surface area contributed by atoms with Crippen molar-refractivity contribution in [1.82, 2.24) is 4.57 Å². The van der Waals surface area contributed by atoms with E-state index in [1.165, 1.54) is 12.1 Å². The molecule has 0 radical (unpaired) electrons. The van der Waals surface area contributed by atoms with Crippen LogP contribution in [0.2, 0.25) is 0 Å². The van der Waals surface area contributed by atoms with Crippen LogP contribution in [-0.4, -0.2) is 19.2 Å². The van der Waals surface area contributed by atoms with Crippen LogP contribution < -0.4 is 5.56 Å². The average molecular weight is 589 g/mol. The van der Waals surface area contributed by atoms with Crippen LogP contribution in [0.4, 0.5) is 17.6 Å². The highest BCUT2D eigenvalue weighted by molar-refractivity contribution is 7.90. The summed E-state index contributed by atoms with van der Waals surface area (Å²) >= 11 is 1.15. The average Bonchev–Trinajstić information content (AvgIpc) is 3.35. The zero-order chi connectivity index (χ0) is 29.4. The molecule has 11 heteroatoms. The van der Waals surface area contributed by atoms with Crippen molar-refractivity contribution < 1.29 is 26.0 Å². The number of nitrogens with zero attached hydrogens (tertiary/aromatic N) is 2. The Morgan fingerprint density at radius 2 is 1.65 bits per heavy atom. The lowest BCUT2D eigenvalue weighted by atomic mass is 9.95. The molecule has 2 heterocycles. The van der Waals surface area contributed by atoms with Gasteiger partial charge in [0.25, 0.3) is 11.5 Å². The number of alkyl halides is 2. The molecule has 2 aromatic heterocycles. The van der Waals surface area contributed by atoms with Gasteiger partial charge in [-0.05, 0) is 47.9 Å². The van der Waals surface area contributed by atoms with Crippen molar-refractivity contribution in [2.45, 2.75) is 37.6 Å². The summed E-state index contributed by atoms with van der Waals surface area (Å²) < 4.78 is 83.4. The first-order valence-electron chi connectivity index (χ1n) is 12.1. The second kappa shape index (κ2) is 11.0. The molecule has 4 aromatic rings. The van der Waals surface area contributed by atoms with Gasteiger partial charge in [-0.15, -0.1) is 11.3 Å². The molecule has 0 aliphatic rings. The molecule has 40 heavy (non-hydrogen) atoms. The Hall–Kier alpha value is -3.75. The van der Waals surface area contributed by atoms with E-state index in [0.717, 1.165) is 40.4 Å². The van der Waals surface area contributed by atoms with Gasteiger partial charge in [0.05, 0.1) is 22.0 Å². The summed E-state index contributed by atoms with van der Waals surface area (Å²) in [5.41, 5.74) is -1.86. The first kappa shape index (κ1) is 29.2. The van der Waals surface area contributed by atoms with Gasteiger partial charge in [0.15, 0.2) is 9.84 Å². The highest BCUT2D eigenvalue weighted by Crippen LogP contribution is 2.40. The van der Waals surface area contributed by atoms with Crippen LogP contribution in [0.25, 0.3) is 21.0 Å². The fraction of sp³-hybridized carbons (Fsp3) is 0.241. The highest BCUT2D eigenvalue weighted by atomic mass is 32.2. The number of nitriles is 1. The van der Waals surface area contributed by atoms with Crippen molar-refractivity contribution in [2.75, 3.05) is 6.26 Å². The SMILES string of the molecule is CC(C)CC(F)(F)c1cc(-c2ccc(-c3ccc(S(C)(=O)=O)cc3)s2)n(Cc2ccc(F)cc2F)c(=O)c1C#N. The molecular weight excluding hydrogens is 564 g/mol. The number of pyridine rings is 1. The molecule has 0 atom stereocenters. The molecule has 0 spiro atoms. The van der Waals surface area contributed by atoms with Gasteiger partial charge in [-0.1, -0.05) is 32.0 Å². The first-order valence-corrected chi connectivity index (χ1v) is 14.8. The van der Waals surface area contributed by atoms with Gasteiger partial charge in [0, 0.05) is 34.7 Å². The van der Waals surface area contributed by atoms with Crippen LogP contribution in [0.3, 0.4) is 0 Å². The van der Waals surface area contributed by atoms with Crippen molar-refractivity contribution in [2.24, 2.45) is 5.92 Å². The Balaban J connectivity index is 1.92. The van der Waals surface area contributed by atoms with Crippen LogP contribution in [0.15, 0.2) is 70.4 Å². The number of hydrogen-bond acceptors (Lipinski definition) is 5. The van der Waals surface area contributed by atoms with E-state index < -0.39 is 63.0 Å². The van der Waals surface area contributed by atoms with Gasteiger partial charge in [-0.3, -0.25) is 4.79 Å². The topological polar surface area (TPSA) is 79.9 Å². The molecule has 2 aromatic carbocycles. The van der Waals surface area contributed by atoms with Crippen molar-refractivity contribution in [3.63, 3.8) is 0 Å². The Bertz CT molecular complexity index is 1790. The van der Waals surface area contributed by atoms with E-state index in [9.17, 15) is 27.3 Å². The smallest absolute Gasteiger partial charge is 0.275 e. The summed E-state index contributed by atoms with van der Waals surface area (Å²) in [5.74, 6) is -5.68. The molecule has 0 saturated heterocycles. The lowest BCUT2D eigenvalue weighted by Gasteiger charge is -2.22. The standard InChI is InChI=1S/C29H24F4N2O3S2/c1-17(2)14-29(32,33)23-13-25(27-11-10-26(39-27)18-5-8-21(9-6-18)40(3,37)38)35(28(36)22(23)15-34)16-19-4-7-20(30)12-24(19)31/h4-13,17H,14,16H2,1-3H3. The highest BCUT2D eigenvalue weighted by Gasteiger charge is 2.37. The van der Waals surface area contributed by atoms with Crippen molar-refractivity contribution in [3.05, 3.63) is 99.3 Å². The van der Waals surface area contributed by atoms with Crippen LogP contribution >= 0.6 is 11.3 Å². The lowest BCUT2D eigenvalue weighted by Crippen LogP contribution is -2.30. The van der Waals surface area contributed by atoms with Gasteiger partial charge in [0.2, 0.25) is 0 Å². The second-order valence-electron chi connectivity index (χ2n) is 9.82. The summed E-state index contributed by atoms with van der Waals surface area (Å²) in [7, 11) is -3.41. The maximum Gasteiger partial charge on any atom is 0.275 e. The minimum atomic E-state index is -3.49. The third-order valence-corrected chi connectivity index (χ3v) is 8.52. The van der Waals surface area contributed by atoms with Crippen LogP contribution in [0.1, 0.15) is 37.0 Å². The number of sulfone groups is 1. The van der Waals surface area contributed by atoms with Gasteiger partial charge in [-0.25, -0.2) is 26.0 Å². The predicted molar refractivity (Wildman–Crippen MR) is 146 cm³/mol. The van der Waals surface area contributed by atoms with Crippen LogP contribution in [0.5, 0.6) is 0 Å². The third kappa shape index (κ3) is 6.03. The summed E-state index contributed by atoms with van der Waals surface area (Å²) in [6.45, 7) is 2.77. The summed E-state index contributed by atoms with van der Waals surface area (Å²) in [6.07, 6.45) is 0.492. The lowest BCUT2D eigenvalue weighted by molar-refractivity contribution is -0.0253. The van der Waals surface area contributed by atoms with E-state index in [4.69, 9.17) is 0 Å². The van der Waals surface area contributed by atoms with Crippen molar-refractivity contribution in [1.29, 1.82) is 5.26 Å². The van der Waals surface area contributed by atoms with Gasteiger partial charge >= 0.3 is 0 Å². The van der Waals surface area contributed by atoms with Crippen molar-refractivity contribution >= 4 is 21.2 Å². The van der Waals surface area contributed by atoms with Crippen LogP contribution in [-0.2, 0) is 22.3 Å². The van der Waals surface area contributed by atoms with E-state index in [1.54, 1.807) is 44.2 Å². The molecule has 0 saturated carbocycles. The van der Waals surface area contributed by atoms with E-state index in [-0.39, 0.29) is 16.2 Å². The molecule has 0 unspecified atom stereocenters. The maximum atomic E-state index is 15.4. The molecule has 0 aliphatic carbocycles. The molecule has 0 aliphatic heterocycles. The Kier molecular flexibility index (Phi) is 8.06. The fourth-order valence-corrected chi connectivity index (χ4v) is 6.01. The summed E-state index contributed by atoms with van der Waals surface area (Å²) in [5, 5.41) is 9.71. The predicted octanol–water partition coefficient (Wildman–Crippen LogP) is 6.98. The fourth-order valence-electron chi connectivity index (χ4n) is 4.34. The van der Waals surface area contributed by atoms with Crippen molar-refractivity contribution in [3.8, 4) is 27.1 Å². The van der Waals surface area contributed by atoms with Crippen LogP contribution in [0, 0.1) is 28.9 Å². The van der Waals surface area contributed by atoms with Gasteiger partial charge in [-0.2, -0.15) is 5.26 Å². The molecule has 0 bridgehead atoms. The number of thiophene rings is 1. The van der Waals surface area contributed by atoms with E-state index in [0.29, 0.717) is 21.4 Å². The first-order chi connectivity index (χ1) is 18.7. The van der Waals surface area contributed by atoms with Gasteiger partial charge in [0.1, 0.15) is 23.3 Å². The Morgan fingerprint density at radius 3 is 2.23 bits per heavy atom. The van der Waals surface area contributed by atoms with E-state index >= 15 is 8.78 Å². The number of rotatable bonds is 8. The molecule has 5 nitrogen and oxygen atoms in total. The zero-order valence-corrected chi connectivity index (χ0v) is 23.3. The minimum Gasteiger partial charge on any atom is -0.302 e. The number of hydrogen-bond donors (Lipinski definition) is 0. The van der Waals surface area contributed by atoms with E-state index in [2.05, 4.69) is 0 Å². The quantitative estimate of drug-likeness (QED) is 0.208. The molecule has 208 valence electrons. The number of aromatic nitrogens is 1. The van der Waals surface area contributed by atoms with E-state index in [1.807, 2.05) is 0 Å². The number of benzene rings is 2. The normalized spacial score (nSPS) is 12.1. The summed E-state index contributed by atoms with van der Waals surface area (Å²) in [4.78, 5) is 14.7.